The molecule has 0 aliphatic rings. The molecule has 2 heterocycles. The number of hydrogen-bond acceptors (Lipinski definition) is 9. The first-order valence-corrected chi connectivity index (χ1v) is 12.1. The predicted octanol–water partition coefficient (Wildman–Crippen LogP) is 3.78. The van der Waals surface area contributed by atoms with Gasteiger partial charge >= 0.3 is 0 Å². The maximum absolute atomic E-state index is 6.41. The minimum Gasteiger partial charge on any atom is -0.494 e. The zero-order chi connectivity index (χ0) is 26.4. The highest BCUT2D eigenvalue weighted by Gasteiger charge is 2.14. The lowest BCUT2D eigenvalue weighted by atomic mass is 10.2. The fourth-order valence-corrected chi connectivity index (χ4v) is 3.97. The number of hydrogen-bond donors (Lipinski definition) is 2. The van der Waals surface area contributed by atoms with E-state index in [-0.39, 0.29) is 0 Å². The van der Waals surface area contributed by atoms with Crippen LogP contribution in [-0.2, 0) is 4.74 Å². The summed E-state index contributed by atoms with van der Waals surface area (Å²) in [7, 11) is 9.40. The molecule has 0 aliphatic carbocycles. The van der Waals surface area contributed by atoms with Crippen LogP contribution < -0.4 is 25.4 Å². The van der Waals surface area contributed by atoms with Crippen molar-refractivity contribution >= 4 is 33.9 Å². The molecule has 3 N–H and O–H groups in total. The van der Waals surface area contributed by atoms with Gasteiger partial charge in [-0.3, -0.25) is 0 Å². The first-order valence-electron chi connectivity index (χ1n) is 12.1. The molecule has 196 valence electrons. The summed E-state index contributed by atoms with van der Waals surface area (Å²) in [6.07, 6.45) is 3.70. The Balaban J connectivity index is 1.56. The van der Waals surface area contributed by atoms with Gasteiger partial charge in [0.2, 0.25) is 5.95 Å². The van der Waals surface area contributed by atoms with Crippen molar-refractivity contribution in [2.75, 3.05) is 77.6 Å². The topological polar surface area (TPSA) is 103 Å². The van der Waals surface area contributed by atoms with Crippen LogP contribution in [0.4, 0.5) is 23.0 Å². The molecule has 4 aromatic rings. The molecule has 0 unspecified atom stereocenters. The quantitative estimate of drug-likeness (QED) is 0.220. The van der Waals surface area contributed by atoms with Crippen LogP contribution in [0.3, 0.4) is 0 Å². The standard InChI is InChI=1S/C27H35N7O3/c1-32(2)12-13-33(3)24-18-25(36-5)22(17-21(24)28)30-27-29-10-8-26(31-27)34-11-9-19-16-20(6-7-23(19)34)37-15-14-35-4/h6-11,16-18H,12-15,28H2,1-5H3,(H,29,30,31). The Labute approximate surface area is 217 Å². The molecule has 2 aromatic heterocycles. The molecule has 0 spiro atoms. The van der Waals surface area contributed by atoms with Gasteiger partial charge in [0.1, 0.15) is 23.9 Å². The first-order chi connectivity index (χ1) is 17.9. The van der Waals surface area contributed by atoms with Crippen LogP contribution in [0.5, 0.6) is 11.5 Å². The minimum absolute atomic E-state index is 0.435. The lowest BCUT2D eigenvalue weighted by molar-refractivity contribution is 0.146. The fraction of sp³-hybridized carbons (Fsp3) is 0.333. The second kappa shape index (κ2) is 11.8. The van der Waals surface area contributed by atoms with Crippen molar-refractivity contribution in [3.63, 3.8) is 0 Å². The van der Waals surface area contributed by atoms with Gasteiger partial charge in [-0.2, -0.15) is 4.98 Å². The van der Waals surface area contributed by atoms with E-state index in [4.69, 9.17) is 24.9 Å². The third-order valence-corrected chi connectivity index (χ3v) is 5.99. The number of benzene rings is 2. The Morgan fingerprint density at radius 1 is 1.00 bits per heavy atom. The highest BCUT2D eigenvalue weighted by atomic mass is 16.5. The van der Waals surface area contributed by atoms with E-state index >= 15 is 0 Å². The molecule has 0 bridgehead atoms. The number of anilines is 4. The number of ether oxygens (including phenoxy) is 3. The normalized spacial score (nSPS) is 11.2. The lowest BCUT2D eigenvalue weighted by Crippen LogP contribution is -2.29. The van der Waals surface area contributed by atoms with E-state index in [1.54, 1.807) is 20.4 Å². The summed E-state index contributed by atoms with van der Waals surface area (Å²) < 4.78 is 18.5. The van der Waals surface area contributed by atoms with Crippen molar-refractivity contribution in [2.45, 2.75) is 0 Å². The summed E-state index contributed by atoms with van der Waals surface area (Å²) in [5.74, 6) is 2.62. The summed E-state index contributed by atoms with van der Waals surface area (Å²) in [6, 6.07) is 13.6. The highest BCUT2D eigenvalue weighted by molar-refractivity contribution is 5.83. The van der Waals surface area contributed by atoms with E-state index < -0.39 is 0 Å². The molecule has 0 radical (unpaired) electrons. The zero-order valence-electron chi connectivity index (χ0n) is 22.1. The van der Waals surface area contributed by atoms with Gasteiger partial charge in [0.25, 0.3) is 0 Å². The molecule has 0 atom stereocenters. The molecule has 0 saturated heterocycles. The van der Waals surface area contributed by atoms with Gasteiger partial charge in [0.15, 0.2) is 0 Å². The average molecular weight is 506 g/mol. The molecule has 0 aliphatic heterocycles. The Morgan fingerprint density at radius 3 is 2.59 bits per heavy atom. The smallest absolute Gasteiger partial charge is 0.229 e. The Kier molecular flexibility index (Phi) is 8.32. The van der Waals surface area contributed by atoms with Crippen LogP contribution in [-0.4, -0.2) is 81.1 Å². The van der Waals surface area contributed by atoms with E-state index in [2.05, 4.69) is 20.1 Å². The fourth-order valence-electron chi connectivity index (χ4n) is 3.97. The second-order valence-corrected chi connectivity index (χ2v) is 8.95. The summed E-state index contributed by atoms with van der Waals surface area (Å²) >= 11 is 0. The van der Waals surface area contributed by atoms with Crippen molar-refractivity contribution < 1.29 is 14.2 Å². The third kappa shape index (κ3) is 6.22. The molecule has 0 fully saturated rings. The predicted molar refractivity (Wildman–Crippen MR) is 149 cm³/mol. The number of aromatic nitrogens is 3. The van der Waals surface area contributed by atoms with E-state index in [0.717, 1.165) is 41.2 Å². The van der Waals surface area contributed by atoms with Crippen molar-refractivity contribution in [3.8, 4) is 17.3 Å². The number of fused-ring (bicyclic) bond motifs is 1. The van der Waals surface area contributed by atoms with Crippen molar-refractivity contribution in [1.29, 1.82) is 0 Å². The van der Waals surface area contributed by atoms with Crippen LogP contribution >= 0.6 is 0 Å². The summed E-state index contributed by atoms with van der Waals surface area (Å²) in [5.41, 5.74) is 9.66. The molecule has 2 aromatic carbocycles. The number of nitrogens with one attached hydrogen (secondary N) is 1. The Bertz CT molecular complexity index is 1340. The molecule has 4 rings (SSSR count). The third-order valence-electron chi connectivity index (χ3n) is 5.99. The van der Waals surface area contributed by atoms with E-state index in [0.29, 0.717) is 36.3 Å². The van der Waals surface area contributed by atoms with E-state index in [1.807, 2.05) is 74.4 Å². The van der Waals surface area contributed by atoms with Gasteiger partial charge in [-0.05, 0) is 50.5 Å². The van der Waals surface area contributed by atoms with Crippen molar-refractivity contribution in [3.05, 3.63) is 54.9 Å². The highest BCUT2D eigenvalue weighted by Crippen LogP contribution is 2.36. The SMILES string of the molecule is COCCOc1ccc2c(ccn2-c2ccnc(Nc3cc(N)c(N(C)CCN(C)C)cc3OC)n2)c1. The number of nitrogen functional groups attached to an aromatic ring is 1. The van der Waals surface area contributed by atoms with Crippen LogP contribution in [0.2, 0.25) is 0 Å². The number of nitrogens with zero attached hydrogens (tertiary/aromatic N) is 5. The molecular weight excluding hydrogens is 470 g/mol. The first kappa shape index (κ1) is 26.1. The van der Waals surface area contributed by atoms with Crippen LogP contribution in [0.25, 0.3) is 16.7 Å². The van der Waals surface area contributed by atoms with E-state index in [1.165, 1.54) is 0 Å². The van der Waals surface area contributed by atoms with Crippen LogP contribution in [0.15, 0.2) is 54.9 Å². The zero-order valence-corrected chi connectivity index (χ0v) is 22.1. The summed E-state index contributed by atoms with van der Waals surface area (Å²) in [5, 5.41) is 4.32. The number of rotatable bonds is 12. The molecular formula is C27H35N7O3. The van der Waals surface area contributed by atoms with Crippen LogP contribution in [0, 0.1) is 0 Å². The number of nitrogens with two attached hydrogens (primary N) is 1. The second-order valence-electron chi connectivity index (χ2n) is 8.95. The minimum atomic E-state index is 0.435. The molecule has 0 amide bonds. The molecule has 0 saturated carbocycles. The van der Waals surface area contributed by atoms with Gasteiger partial charge < -0.3 is 39.6 Å². The lowest BCUT2D eigenvalue weighted by Gasteiger charge is -2.24. The maximum Gasteiger partial charge on any atom is 0.229 e. The largest absolute Gasteiger partial charge is 0.494 e. The van der Waals surface area contributed by atoms with Gasteiger partial charge in [-0.15, -0.1) is 0 Å². The van der Waals surface area contributed by atoms with E-state index in [9.17, 15) is 0 Å². The molecule has 10 nitrogen and oxygen atoms in total. The summed E-state index contributed by atoms with van der Waals surface area (Å²) in [6.45, 7) is 2.80. The van der Waals surface area contributed by atoms with Gasteiger partial charge in [-0.25, -0.2) is 4.98 Å². The Hall–Kier alpha value is -4.02. The summed E-state index contributed by atoms with van der Waals surface area (Å²) in [4.78, 5) is 13.4. The van der Waals surface area contributed by atoms with Gasteiger partial charge in [-0.1, -0.05) is 0 Å². The van der Waals surface area contributed by atoms with Gasteiger partial charge in [0, 0.05) is 51.1 Å². The average Bonchev–Trinajstić information content (AvgIpc) is 3.31. The molecule has 10 heteroatoms. The maximum atomic E-state index is 6.41. The Morgan fingerprint density at radius 2 is 1.84 bits per heavy atom. The van der Waals surface area contributed by atoms with Crippen molar-refractivity contribution in [2.24, 2.45) is 0 Å². The van der Waals surface area contributed by atoms with Crippen LogP contribution in [0.1, 0.15) is 0 Å². The van der Waals surface area contributed by atoms with Crippen molar-refractivity contribution in [1.82, 2.24) is 19.4 Å². The monoisotopic (exact) mass is 505 g/mol. The van der Waals surface area contributed by atoms with Gasteiger partial charge in [0.05, 0.1) is 36.3 Å². The number of likely N-dealkylation sites (N-methyl/N-ethyl adjacent to an activating group) is 2. The molecule has 37 heavy (non-hydrogen) atoms. The number of methoxy groups -OCH3 is 2.